The molecule has 14 heavy (non-hydrogen) atoms. The van der Waals surface area contributed by atoms with E-state index in [4.69, 9.17) is 0 Å². The summed E-state index contributed by atoms with van der Waals surface area (Å²) in [7, 11) is 0. The zero-order valence-electron chi connectivity index (χ0n) is 7.59. The first-order valence-corrected chi connectivity index (χ1v) is 4.32. The Hall–Kier alpha value is -1.65. The van der Waals surface area contributed by atoms with E-state index in [1.54, 1.807) is 6.08 Å². The third-order valence-electron chi connectivity index (χ3n) is 2.09. The van der Waals surface area contributed by atoms with Crippen LogP contribution in [0, 0.1) is 10.1 Å². The van der Waals surface area contributed by atoms with E-state index in [0.717, 1.165) is 5.57 Å². The molecule has 0 saturated heterocycles. The van der Waals surface area contributed by atoms with Crippen molar-refractivity contribution in [2.75, 3.05) is 0 Å². The SMILES string of the molecule is O=COC=CC1=CCCC([N+](=O)[O-])C1. The zero-order valence-corrected chi connectivity index (χ0v) is 7.59. The Kier molecular flexibility index (Phi) is 3.84. The van der Waals surface area contributed by atoms with E-state index in [1.807, 2.05) is 6.08 Å². The standard InChI is InChI=1S/C9H11NO4/c11-7-14-5-4-8-2-1-3-9(6-8)10(12)13/h2,4-5,7,9H,1,3,6H2. The molecule has 1 aliphatic rings. The lowest BCUT2D eigenvalue weighted by Gasteiger charge is -2.13. The number of nitrogens with zero attached hydrogens (tertiary/aromatic N) is 1. The van der Waals surface area contributed by atoms with Crippen LogP contribution in [0.3, 0.4) is 0 Å². The summed E-state index contributed by atoms with van der Waals surface area (Å²) < 4.78 is 4.36. The molecule has 0 aromatic carbocycles. The molecule has 1 unspecified atom stereocenters. The molecule has 0 heterocycles. The Morgan fingerprint density at radius 2 is 2.43 bits per heavy atom. The number of hydrogen-bond donors (Lipinski definition) is 0. The van der Waals surface area contributed by atoms with Gasteiger partial charge < -0.3 is 4.74 Å². The first-order chi connectivity index (χ1) is 6.74. The first kappa shape index (κ1) is 10.4. The summed E-state index contributed by atoms with van der Waals surface area (Å²) in [6, 6.07) is -0.504. The monoisotopic (exact) mass is 197 g/mol. The quantitative estimate of drug-likeness (QED) is 0.296. The molecule has 1 aliphatic carbocycles. The van der Waals surface area contributed by atoms with Crippen molar-refractivity contribution in [1.82, 2.24) is 0 Å². The Morgan fingerprint density at radius 3 is 3.07 bits per heavy atom. The van der Waals surface area contributed by atoms with Crippen molar-refractivity contribution in [3.8, 4) is 0 Å². The first-order valence-electron chi connectivity index (χ1n) is 4.32. The molecule has 0 aromatic rings. The Bertz CT molecular complexity index is 283. The lowest BCUT2D eigenvalue weighted by Crippen LogP contribution is -2.21. The molecule has 0 saturated carbocycles. The Balaban J connectivity index is 2.50. The van der Waals surface area contributed by atoms with Gasteiger partial charge in [-0.1, -0.05) is 6.08 Å². The minimum Gasteiger partial charge on any atom is -0.437 e. The van der Waals surface area contributed by atoms with Crippen LogP contribution in [0.2, 0.25) is 0 Å². The molecule has 0 aromatic heterocycles. The summed E-state index contributed by atoms with van der Waals surface area (Å²) >= 11 is 0. The lowest BCUT2D eigenvalue weighted by molar-refractivity contribution is -0.523. The molecule has 0 bridgehead atoms. The second-order valence-corrected chi connectivity index (χ2v) is 3.03. The summed E-state index contributed by atoms with van der Waals surface area (Å²) in [5.41, 5.74) is 0.847. The van der Waals surface area contributed by atoms with Gasteiger partial charge in [-0.3, -0.25) is 14.9 Å². The number of nitro groups is 1. The Morgan fingerprint density at radius 1 is 1.64 bits per heavy atom. The average Bonchev–Trinajstić information content (AvgIpc) is 2.19. The predicted octanol–water partition coefficient (Wildman–Crippen LogP) is 1.43. The molecule has 0 aliphatic heterocycles. The van der Waals surface area contributed by atoms with Gasteiger partial charge in [0.1, 0.15) is 0 Å². The molecule has 76 valence electrons. The second kappa shape index (κ2) is 5.16. The van der Waals surface area contributed by atoms with E-state index in [-0.39, 0.29) is 4.92 Å². The molecule has 0 fully saturated rings. The maximum absolute atomic E-state index is 10.5. The highest BCUT2D eigenvalue weighted by Gasteiger charge is 2.23. The van der Waals surface area contributed by atoms with E-state index >= 15 is 0 Å². The largest absolute Gasteiger partial charge is 0.437 e. The fourth-order valence-corrected chi connectivity index (χ4v) is 1.39. The fraction of sp³-hybridized carbons (Fsp3) is 0.444. The summed E-state index contributed by atoms with van der Waals surface area (Å²) in [5, 5.41) is 10.5. The van der Waals surface area contributed by atoms with Crippen molar-refractivity contribution < 1.29 is 14.5 Å². The maximum atomic E-state index is 10.5. The molecule has 0 amide bonds. The number of allylic oxidation sites excluding steroid dienone is 2. The average molecular weight is 197 g/mol. The third kappa shape index (κ3) is 3.01. The van der Waals surface area contributed by atoms with Crippen LogP contribution in [0.4, 0.5) is 0 Å². The molecule has 0 radical (unpaired) electrons. The smallest absolute Gasteiger partial charge is 0.297 e. The predicted molar refractivity (Wildman–Crippen MR) is 49.0 cm³/mol. The number of rotatable bonds is 4. The van der Waals surface area contributed by atoms with Crippen LogP contribution in [0.15, 0.2) is 24.0 Å². The maximum Gasteiger partial charge on any atom is 0.297 e. The molecule has 0 spiro atoms. The van der Waals surface area contributed by atoms with Crippen molar-refractivity contribution in [2.24, 2.45) is 0 Å². The van der Waals surface area contributed by atoms with Crippen LogP contribution in [-0.2, 0) is 9.53 Å². The van der Waals surface area contributed by atoms with Gasteiger partial charge in [0.15, 0.2) is 0 Å². The molecule has 1 rings (SSSR count). The molecule has 5 nitrogen and oxygen atoms in total. The summed E-state index contributed by atoms with van der Waals surface area (Å²) in [6.07, 6.45) is 6.44. The van der Waals surface area contributed by atoms with E-state index in [9.17, 15) is 14.9 Å². The van der Waals surface area contributed by atoms with Gasteiger partial charge in [-0.2, -0.15) is 0 Å². The number of carbonyl (C=O) groups is 1. The minimum atomic E-state index is -0.504. The number of carbonyl (C=O) groups excluding carboxylic acids is 1. The van der Waals surface area contributed by atoms with Crippen molar-refractivity contribution >= 4 is 6.47 Å². The zero-order chi connectivity index (χ0) is 10.4. The molecule has 0 N–H and O–H groups in total. The highest BCUT2D eigenvalue weighted by Crippen LogP contribution is 2.21. The van der Waals surface area contributed by atoms with Gasteiger partial charge >= 0.3 is 0 Å². The van der Waals surface area contributed by atoms with E-state index < -0.39 is 6.04 Å². The third-order valence-corrected chi connectivity index (χ3v) is 2.09. The topological polar surface area (TPSA) is 69.4 Å². The van der Waals surface area contributed by atoms with Gasteiger partial charge in [-0.25, -0.2) is 0 Å². The van der Waals surface area contributed by atoms with Crippen LogP contribution in [0.1, 0.15) is 19.3 Å². The van der Waals surface area contributed by atoms with Crippen LogP contribution < -0.4 is 0 Å². The van der Waals surface area contributed by atoms with Crippen LogP contribution in [0.5, 0.6) is 0 Å². The van der Waals surface area contributed by atoms with Crippen LogP contribution in [-0.4, -0.2) is 17.4 Å². The fourth-order valence-electron chi connectivity index (χ4n) is 1.39. The van der Waals surface area contributed by atoms with Gasteiger partial charge in [0.05, 0.1) is 6.26 Å². The Labute approximate surface area is 81.2 Å². The van der Waals surface area contributed by atoms with Crippen LogP contribution in [0.25, 0.3) is 0 Å². The number of hydrogen-bond acceptors (Lipinski definition) is 4. The highest BCUT2D eigenvalue weighted by molar-refractivity contribution is 5.38. The molecular formula is C9H11NO4. The van der Waals surface area contributed by atoms with E-state index in [0.29, 0.717) is 25.7 Å². The van der Waals surface area contributed by atoms with Crippen LogP contribution >= 0.6 is 0 Å². The number of ether oxygens (including phenoxy) is 1. The molecule has 5 heteroatoms. The molecule has 1 atom stereocenters. The summed E-state index contributed by atoms with van der Waals surface area (Å²) in [4.78, 5) is 20.1. The van der Waals surface area contributed by atoms with Crippen molar-refractivity contribution in [2.45, 2.75) is 25.3 Å². The normalized spacial score (nSPS) is 21.7. The van der Waals surface area contributed by atoms with Gasteiger partial charge in [-0.05, 0) is 18.1 Å². The molecular weight excluding hydrogens is 186 g/mol. The van der Waals surface area contributed by atoms with Crippen molar-refractivity contribution in [1.29, 1.82) is 0 Å². The second-order valence-electron chi connectivity index (χ2n) is 3.03. The van der Waals surface area contributed by atoms with E-state index in [2.05, 4.69) is 4.74 Å². The summed E-state index contributed by atoms with van der Waals surface area (Å²) in [6.45, 7) is 0.310. The summed E-state index contributed by atoms with van der Waals surface area (Å²) in [5.74, 6) is 0. The van der Waals surface area contributed by atoms with Gasteiger partial charge in [0, 0.05) is 17.8 Å². The minimum absolute atomic E-state index is 0.262. The van der Waals surface area contributed by atoms with Gasteiger partial charge in [-0.15, -0.1) is 0 Å². The van der Waals surface area contributed by atoms with Gasteiger partial charge in [0.2, 0.25) is 6.04 Å². The van der Waals surface area contributed by atoms with Crippen molar-refractivity contribution in [3.63, 3.8) is 0 Å². The van der Waals surface area contributed by atoms with E-state index in [1.165, 1.54) is 6.26 Å². The van der Waals surface area contributed by atoms with Gasteiger partial charge in [0.25, 0.3) is 6.47 Å². The highest BCUT2D eigenvalue weighted by atomic mass is 16.6. The lowest BCUT2D eigenvalue weighted by atomic mass is 9.95. The van der Waals surface area contributed by atoms with Crippen molar-refractivity contribution in [3.05, 3.63) is 34.1 Å².